The molecule has 40 heavy (non-hydrogen) atoms. The van der Waals surface area contributed by atoms with E-state index in [1.807, 2.05) is 0 Å². The van der Waals surface area contributed by atoms with Crippen molar-refractivity contribution in [3.05, 3.63) is 81.5 Å². The van der Waals surface area contributed by atoms with Crippen molar-refractivity contribution < 1.29 is 24.2 Å². The summed E-state index contributed by atoms with van der Waals surface area (Å²) in [5, 5.41) is 12.7. The van der Waals surface area contributed by atoms with Crippen LogP contribution >= 0.6 is 23.2 Å². The smallest absolute Gasteiger partial charge is 0.407 e. The highest BCUT2D eigenvalue weighted by molar-refractivity contribution is 6.39. The summed E-state index contributed by atoms with van der Waals surface area (Å²) in [6, 6.07) is 11.9. The molecule has 0 saturated carbocycles. The molecule has 0 aliphatic carbocycles. The van der Waals surface area contributed by atoms with Crippen LogP contribution in [0.3, 0.4) is 0 Å². The Morgan fingerprint density at radius 3 is 2.62 bits per heavy atom. The molecule has 1 aliphatic rings. The van der Waals surface area contributed by atoms with Gasteiger partial charge in [0.05, 0.1) is 46.3 Å². The summed E-state index contributed by atoms with van der Waals surface area (Å²) in [4.78, 5) is 46.0. The second kappa shape index (κ2) is 11.0. The van der Waals surface area contributed by atoms with E-state index in [1.54, 1.807) is 60.3 Å². The molecule has 0 unspecified atom stereocenters. The molecule has 10 nitrogen and oxygen atoms in total. The molecule has 0 atom stereocenters. The van der Waals surface area contributed by atoms with Gasteiger partial charge in [-0.15, -0.1) is 0 Å². The van der Waals surface area contributed by atoms with E-state index in [-0.39, 0.29) is 17.4 Å². The molecular weight excluding hydrogens is 557 g/mol. The number of nitrogens with zero attached hydrogens (tertiary/aromatic N) is 4. The first kappa shape index (κ1) is 27.2. The van der Waals surface area contributed by atoms with Gasteiger partial charge in [0.1, 0.15) is 5.75 Å². The Morgan fingerprint density at radius 1 is 1.12 bits per heavy atom. The third kappa shape index (κ3) is 4.87. The van der Waals surface area contributed by atoms with Crippen LogP contribution in [0.15, 0.2) is 48.7 Å². The third-order valence-corrected chi connectivity index (χ3v) is 7.58. The lowest BCUT2D eigenvalue weighted by molar-refractivity contribution is 0.101. The SMILES string of the molecule is COc1cc(-c2nccc(-c3cccc(NC(=O)c4nc5c(n4C)CCN(C(=O)O)C5)c3Cl)c2Cl)ccc1C=O. The lowest BCUT2D eigenvalue weighted by Crippen LogP contribution is -2.35. The number of imidazole rings is 1. The van der Waals surface area contributed by atoms with Crippen molar-refractivity contribution >= 4 is 47.2 Å². The van der Waals surface area contributed by atoms with Gasteiger partial charge in [0.2, 0.25) is 0 Å². The predicted molar refractivity (Wildman–Crippen MR) is 150 cm³/mol. The third-order valence-electron chi connectivity index (χ3n) is 6.79. The van der Waals surface area contributed by atoms with E-state index < -0.39 is 12.0 Å². The number of rotatable bonds is 6. The van der Waals surface area contributed by atoms with E-state index in [0.717, 1.165) is 5.69 Å². The molecule has 204 valence electrons. The van der Waals surface area contributed by atoms with Gasteiger partial charge >= 0.3 is 6.09 Å². The first-order valence-electron chi connectivity index (χ1n) is 12.1. The molecule has 12 heteroatoms. The number of carbonyl (C=O) groups excluding carboxylic acids is 2. The Morgan fingerprint density at radius 2 is 1.90 bits per heavy atom. The summed E-state index contributed by atoms with van der Waals surface area (Å²) >= 11 is 13.6. The normalized spacial score (nSPS) is 12.6. The number of hydrogen-bond acceptors (Lipinski definition) is 6. The Labute approximate surface area is 239 Å². The minimum Gasteiger partial charge on any atom is -0.496 e. The highest BCUT2D eigenvalue weighted by Gasteiger charge is 2.28. The molecule has 2 aromatic heterocycles. The first-order valence-corrected chi connectivity index (χ1v) is 12.9. The molecule has 0 bridgehead atoms. The average molecular weight is 580 g/mol. The van der Waals surface area contributed by atoms with Crippen LogP contribution in [0.2, 0.25) is 10.0 Å². The van der Waals surface area contributed by atoms with Crippen molar-refractivity contribution in [3.63, 3.8) is 0 Å². The number of pyridine rings is 1. The van der Waals surface area contributed by atoms with Gasteiger partial charge in [-0.25, -0.2) is 9.78 Å². The summed E-state index contributed by atoms with van der Waals surface area (Å²) in [5.41, 5.74) is 4.39. The van der Waals surface area contributed by atoms with Gasteiger partial charge in [-0.05, 0) is 24.3 Å². The quantitative estimate of drug-likeness (QED) is 0.286. The molecule has 3 heterocycles. The number of nitrogens with one attached hydrogen (secondary N) is 1. The highest BCUT2D eigenvalue weighted by atomic mass is 35.5. The maximum Gasteiger partial charge on any atom is 0.407 e. The maximum atomic E-state index is 13.2. The summed E-state index contributed by atoms with van der Waals surface area (Å²) in [6.07, 6.45) is 1.73. The van der Waals surface area contributed by atoms with E-state index >= 15 is 0 Å². The molecule has 2 amide bonds. The lowest BCUT2D eigenvalue weighted by atomic mass is 10.0. The van der Waals surface area contributed by atoms with Crippen LogP contribution in [0.1, 0.15) is 32.4 Å². The van der Waals surface area contributed by atoms with Gasteiger partial charge < -0.3 is 24.6 Å². The topological polar surface area (TPSA) is 127 Å². The summed E-state index contributed by atoms with van der Waals surface area (Å²) in [5.74, 6) is 0.0579. The van der Waals surface area contributed by atoms with Crippen LogP contribution in [-0.2, 0) is 20.0 Å². The zero-order chi connectivity index (χ0) is 28.6. The number of anilines is 1. The minimum atomic E-state index is -1.03. The number of benzene rings is 2. The Balaban J connectivity index is 1.46. The van der Waals surface area contributed by atoms with E-state index in [2.05, 4.69) is 15.3 Å². The molecular formula is C28H23Cl2N5O5. The number of hydrogen-bond donors (Lipinski definition) is 2. The Kier molecular flexibility index (Phi) is 7.46. The Hall–Kier alpha value is -4.41. The lowest BCUT2D eigenvalue weighted by Gasteiger charge is -2.23. The van der Waals surface area contributed by atoms with Crippen LogP contribution in [0.4, 0.5) is 10.5 Å². The van der Waals surface area contributed by atoms with E-state index in [4.69, 9.17) is 27.9 Å². The van der Waals surface area contributed by atoms with Gasteiger partial charge in [0, 0.05) is 48.6 Å². The number of methoxy groups -OCH3 is 1. The predicted octanol–water partition coefficient (Wildman–Crippen LogP) is 5.57. The zero-order valence-corrected chi connectivity index (χ0v) is 23.0. The van der Waals surface area contributed by atoms with Crippen LogP contribution in [0.25, 0.3) is 22.4 Å². The number of amides is 2. The average Bonchev–Trinajstić information content (AvgIpc) is 3.29. The second-order valence-electron chi connectivity index (χ2n) is 9.06. The van der Waals surface area contributed by atoms with Crippen molar-refractivity contribution in [2.24, 2.45) is 7.05 Å². The molecule has 0 saturated heterocycles. The number of ether oxygens (including phenoxy) is 1. The maximum absolute atomic E-state index is 13.2. The van der Waals surface area contributed by atoms with E-state index in [0.29, 0.717) is 69.4 Å². The number of halogens is 2. The van der Waals surface area contributed by atoms with E-state index in [9.17, 15) is 19.5 Å². The van der Waals surface area contributed by atoms with E-state index in [1.165, 1.54) is 12.0 Å². The molecule has 0 fully saturated rings. The number of carbonyl (C=O) groups is 3. The molecule has 2 N–H and O–H groups in total. The van der Waals surface area contributed by atoms with Crippen LogP contribution in [0.5, 0.6) is 5.75 Å². The fraction of sp³-hybridized carbons (Fsp3) is 0.179. The van der Waals surface area contributed by atoms with Gasteiger partial charge in [-0.1, -0.05) is 41.4 Å². The molecule has 0 spiro atoms. The van der Waals surface area contributed by atoms with Gasteiger partial charge in [-0.2, -0.15) is 0 Å². The van der Waals surface area contributed by atoms with Crippen LogP contribution in [-0.4, -0.2) is 56.5 Å². The molecule has 2 aromatic carbocycles. The van der Waals surface area contributed by atoms with Crippen molar-refractivity contribution in [2.75, 3.05) is 19.0 Å². The number of fused-ring (bicyclic) bond motifs is 1. The first-order chi connectivity index (χ1) is 19.2. The monoisotopic (exact) mass is 579 g/mol. The van der Waals surface area contributed by atoms with Crippen LogP contribution in [0, 0.1) is 0 Å². The summed E-state index contributed by atoms with van der Waals surface area (Å²) in [6.45, 7) is 0.453. The van der Waals surface area contributed by atoms with Crippen molar-refractivity contribution in [1.82, 2.24) is 19.4 Å². The van der Waals surface area contributed by atoms with Gasteiger partial charge in [-0.3, -0.25) is 14.6 Å². The molecule has 0 radical (unpaired) electrons. The fourth-order valence-corrected chi connectivity index (χ4v) is 5.32. The zero-order valence-electron chi connectivity index (χ0n) is 21.4. The van der Waals surface area contributed by atoms with Gasteiger partial charge in [0.25, 0.3) is 5.91 Å². The second-order valence-corrected chi connectivity index (χ2v) is 9.81. The highest BCUT2D eigenvalue weighted by Crippen LogP contribution is 2.41. The van der Waals surface area contributed by atoms with Crippen molar-refractivity contribution in [1.29, 1.82) is 0 Å². The largest absolute Gasteiger partial charge is 0.496 e. The van der Waals surface area contributed by atoms with Crippen molar-refractivity contribution in [3.8, 4) is 28.1 Å². The number of aromatic nitrogens is 3. The number of aldehydes is 1. The van der Waals surface area contributed by atoms with Gasteiger partial charge in [0.15, 0.2) is 12.1 Å². The number of carboxylic acid groups (broad SMARTS) is 1. The van der Waals surface area contributed by atoms with Crippen LogP contribution < -0.4 is 10.1 Å². The Bertz CT molecular complexity index is 1670. The molecule has 1 aliphatic heterocycles. The van der Waals surface area contributed by atoms with Crippen molar-refractivity contribution in [2.45, 2.75) is 13.0 Å². The summed E-state index contributed by atoms with van der Waals surface area (Å²) in [7, 11) is 3.20. The standard InChI is InChI=1S/C28H23Cl2N5O5/c1-34-21-9-11-35(28(38)39)13-20(21)32-26(34)27(37)33-19-5-3-4-17(23(19)29)18-8-10-31-25(24(18)30)15-6-7-16(14-36)22(12-15)40-2/h3-8,10,12,14H,9,11,13H2,1-2H3,(H,33,37)(H,38,39). The fourth-order valence-electron chi connectivity index (χ4n) is 4.72. The minimum absolute atomic E-state index is 0.120. The molecule has 4 aromatic rings. The molecule has 5 rings (SSSR count). The summed E-state index contributed by atoms with van der Waals surface area (Å²) < 4.78 is 6.99.